The molecule has 0 aromatic heterocycles. The number of hydrogen-bond acceptors (Lipinski definition) is 3. The minimum Gasteiger partial charge on any atom is -0.480 e. The lowest BCUT2D eigenvalue weighted by Gasteiger charge is -2.43. The number of benzene rings is 2. The Balaban J connectivity index is 0.00000182. The summed E-state index contributed by atoms with van der Waals surface area (Å²) in [6, 6.07) is 19.6. The second-order valence-electron chi connectivity index (χ2n) is 6.58. The van der Waals surface area contributed by atoms with Gasteiger partial charge in [-0.05, 0) is 52.8 Å². The summed E-state index contributed by atoms with van der Waals surface area (Å²) in [5, 5.41) is 9.09. The maximum atomic E-state index is 11.1. The smallest absolute Gasteiger partial charge is 0.317 e. The van der Waals surface area contributed by atoms with Gasteiger partial charge >= 0.3 is 5.97 Å². The molecule has 1 unspecified atom stereocenters. The molecule has 0 saturated carbocycles. The average Bonchev–Trinajstić information content (AvgIpc) is 2.58. The lowest BCUT2D eigenvalue weighted by molar-refractivity contribution is -0.139. The molecule has 2 atom stereocenters. The third-order valence-electron chi connectivity index (χ3n) is 4.78. The van der Waals surface area contributed by atoms with Crippen molar-refractivity contribution < 1.29 is 9.90 Å². The van der Waals surface area contributed by atoms with Crippen LogP contribution in [-0.2, 0) is 4.79 Å². The SMILES string of the molecule is CC1CN([C@H](c2ccccc2)c2cccc(I)c2)CCN1CC(=O)O.Cl.Cl. The molecule has 2 aromatic rings. The van der Waals surface area contributed by atoms with Crippen LogP contribution in [0, 0.1) is 3.57 Å². The van der Waals surface area contributed by atoms with Gasteiger partial charge in [-0.3, -0.25) is 14.6 Å². The molecule has 27 heavy (non-hydrogen) atoms. The fraction of sp³-hybridized carbons (Fsp3) is 0.350. The van der Waals surface area contributed by atoms with E-state index in [4.69, 9.17) is 5.11 Å². The first-order valence-electron chi connectivity index (χ1n) is 8.55. The van der Waals surface area contributed by atoms with Crippen molar-refractivity contribution in [2.45, 2.75) is 19.0 Å². The molecular weight excluding hydrogens is 498 g/mol. The number of carboxylic acid groups (broad SMARTS) is 1. The molecule has 1 N–H and O–H groups in total. The number of aliphatic carboxylic acids is 1. The van der Waals surface area contributed by atoms with Gasteiger partial charge in [-0.25, -0.2) is 0 Å². The molecule has 0 radical (unpaired) electrons. The van der Waals surface area contributed by atoms with Crippen molar-refractivity contribution in [1.82, 2.24) is 9.80 Å². The zero-order chi connectivity index (χ0) is 17.8. The second-order valence-corrected chi connectivity index (χ2v) is 7.82. The summed E-state index contributed by atoms with van der Waals surface area (Å²) in [5.41, 5.74) is 2.57. The number of carboxylic acids is 1. The van der Waals surface area contributed by atoms with Crippen LogP contribution < -0.4 is 0 Å². The van der Waals surface area contributed by atoms with Crippen LogP contribution in [0.4, 0.5) is 0 Å². The fourth-order valence-electron chi connectivity index (χ4n) is 3.59. The molecule has 4 nitrogen and oxygen atoms in total. The third-order valence-corrected chi connectivity index (χ3v) is 5.45. The molecule has 7 heteroatoms. The van der Waals surface area contributed by atoms with E-state index in [9.17, 15) is 4.79 Å². The summed E-state index contributed by atoms with van der Waals surface area (Å²) in [7, 11) is 0. The lowest BCUT2D eigenvalue weighted by atomic mass is 9.95. The first-order valence-corrected chi connectivity index (χ1v) is 9.63. The Morgan fingerprint density at radius 2 is 1.78 bits per heavy atom. The van der Waals surface area contributed by atoms with Crippen molar-refractivity contribution in [3.8, 4) is 0 Å². The van der Waals surface area contributed by atoms with E-state index in [-0.39, 0.29) is 43.4 Å². The Bertz CT molecular complexity index is 733. The maximum Gasteiger partial charge on any atom is 0.317 e. The van der Waals surface area contributed by atoms with Crippen molar-refractivity contribution in [3.05, 3.63) is 69.3 Å². The highest BCUT2D eigenvalue weighted by Crippen LogP contribution is 2.31. The van der Waals surface area contributed by atoms with E-state index in [0.717, 1.165) is 19.6 Å². The number of carbonyl (C=O) groups is 1. The molecule has 0 bridgehead atoms. The van der Waals surface area contributed by atoms with Gasteiger partial charge in [0.25, 0.3) is 0 Å². The van der Waals surface area contributed by atoms with Crippen molar-refractivity contribution >= 4 is 53.4 Å². The van der Waals surface area contributed by atoms with E-state index in [1.807, 2.05) is 6.07 Å². The Morgan fingerprint density at radius 1 is 1.11 bits per heavy atom. The van der Waals surface area contributed by atoms with Crippen molar-refractivity contribution in [2.75, 3.05) is 26.2 Å². The number of hydrogen-bond donors (Lipinski definition) is 1. The van der Waals surface area contributed by atoms with Crippen LogP contribution in [0.5, 0.6) is 0 Å². The van der Waals surface area contributed by atoms with Crippen LogP contribution in [0.2, 0.25) is 0 Å². The second kappa shape index (κ2) is 11.2. The Kier molecular flexibility index (Phi) is 10.0. The zero-order valence-electron chi connectivity index (χ0n) is 15.1. The molecular formula is C20H25Cl2IN2O2. The van der Waals surface area contributed by atoms with Gasteiger partial charge < -0.3 is 5.11 Å². The van der Waals surface area contributed by atoms with E-state index in [1.54, 1.807) is 0 Å². The minimum atomic E-state index is -0.752. The highest BCUT2D eigenvalue weighted by molar-refractivity contribution is 14.1. The van der Waals surface area contributed by atoms with Crippen LogP contribution >= 0.6 is 47.4 Å². The average molecular weight is 523 g/mol. The maximum absolute atomic E-state index is 11.1. The molecule has 1 heterocycles. The van der Waals surface area contributed by atoms with E-state index in [0.29, 0.717) is 0 Å². The van der Waals surface area contributed by atoms with Crippen LogP contribution in [0.25, 0.3) is 0 Å². The first-order chi connectivity index (χ1) is 12.0. The highest BCUT2D eigenvalue weighted by Gasteiger charge is 2.30. The van der Waals surface area contributed by atoms with Crippen LogP contribution in [0.3, 0.4) is 0 Å². The van der Waals surface area contributed by atoms with Crippen LogP contribution in [-0.4, -0.2) is 53.1 Å². The predicted octanol–water partition coefficient (Wildman–Crippen LogP) is 4.31. The standard InChI is InChI=1S/C20H23IN2O2.2ClH/c1-15-13-23(11-10-22(15)14-19(24)25)20(16-6-3-2-4-7-16)17-8-5-9-18(21)12-17;;/h2-9,12,15,20H,10-11,13-14H2,1H3,(H,24,25);2*1H/t15?,20-;;/m1../s1. The van der Waals surface area contributed by atoms with Gasteiger partial charge in [0.05, 0.1) is 12.6 Å². The van der Waals surface area contributed by atoms with Gasteiger partial charge in [0, 0.05) is 29.2 Å². The Labute approximate surface area is 186 Å². The monoisotopic (exact) mass is 522 g/mol. The molecule has 1 fully saturated rings. The molecule has 1 saturated heterocycles. The summed E-state index contributed by atoms with van der Waals surface area (Å²) in [4.78, 5) is 15.6. The van der Waals surface area contributed by atoms with Gasteiger partial charge in [0.1, 0.15) is 0 Å². The van der Waals surface area contributed by atoms with Crippen LogP contribution in [0.15, 0.2) is 54.6 Å². The Hall–Kier alpha value is -0.860. The van der Waals surface area contributed by atoms with E-state index >= 15 is 0 Å². The largest absolute Gasteiger partial charge is 0.480 e. The quantitative estimate of drug-likeness (QED) is 0.594. The summed E-state index contributed by atoms with van der Waals surface area (Å²) >= 11 is 2.36. The molecule has 148 valence electrons. The summed E-state index contributed by atoms with van der Waals surface area (Å²) in [5.74, 6) is -0.752. The van der Waals surface area contributed by atoms with Crippen molar-refractivity contribution in [2.24, 2.45) is 0 Å². The van der Waals surface area contributed by atoms with Gasteiger partial charge in [-0.1, -0.05) is 42.5 Å². The molecule has 1 aliphatic heterocycles. The summed E-state index contributed by atoms with van der Waals surface area (Å²) in [6.45, 7) is 4.74. The van der Waals surface area contributed by atoms with Gasteiger partial charge in [0.2, 0.25) is 0 Å². The topological polar surface area (TPSA) is 43.8 Å². The van der Waals surface area contributed by atoms with Crippen LogP contribution in [0.1, 0.15) is 24.1 Å². The van der Waals surface area contributed by atoms with E-state index in [2.05, 4.69) is 87.8 Å². The molecule has 0 amide bonds. The Morgan fingerprint density at radius 3 is 2.37 bits per heavy atom. The molecule has 3 rings (SSSR count). The normalized spacial score (nSPS) is 18.8. The highest BCUT2D eigenvalue weighted by atomic mass is 127. The number of rotatable bonds is 5. The number of halogens is 3. The molecule has 2 aromatic carbocycles. The summed E-state index contributed by atoms with van der Waals surface area (Å²) in [6.07, 6.45) is 0. The molecule has 0 aliphatic carbocycles. The summed E-state index contributed by atoms with van der Waals surface area (Å²) < 4.78 is 1.23. The first kappa shape index (κ1) is 24.2. The van der Waals surface area contributed by atoms with E-state index in [1.165, 1.54) is 14.7 Å². The zero-order valence-corrected chi connectivity index (χ0v) is 18.9. The van der Waals surface area contributed by atoms with Crippen molar-refractivity contribution in [3.63, 3.8) is 0 Å². The fourth-order valence-corrected chi connectivity index (χ4v) is 4.16. The van der Waals surface area contributed by atoms with Gasteiger partial charge in [-0.2, -0.15) is 0 Å². The third kappa shape index (κ3) is 6.32. The van der Waals surface area contributed by atoms with E-state index < -0.39 is 5.97 Å². The molecule has 0 spiro atoms. The van der Waals surface area contributed by atoms with Crippen molar-refractivity contribution in [1.29, 1.82) is 0 Å². The minimum absolute atomic E-state index is 0. The van der Waals surface area contributed by atoms with Gasteiger partial charge in [0.15, 0.2) is 0 Å². The van der Waals surface area contributed by atoms with Gasteiger partial charge in [-0.15, -0.1) is 24.8 Å². The number of nitrogens with zero attached hydrogens (tertiary/aromatic N) is 2. The predicted molar refractivity (Wildman–Crippen MR) is 122 cm³/mol. The number of piperazine rings is 1. The lowest BCUT2D eigenvalue weighted by Crippen LogP contribution is -2.54. The molecule has 1 aliphatic rings.